The minimum Gasteiger partial charge on any atom is -0.494 e. The third kappa shape index (κ3) is 8.20. The number of piperidine rings is 1. The average Bonchev–Trinajstić information content (AvgIpc) is 3.01. The van der Waals surface area contributed by atoms with E-state index in [1.165, 1.54) is 11.8 Å². The number of aromatic carboxylic acids is 1. The molecule has 0 radical (unpaired) electrons. The largest absolute Gasteiger partial charge is 0.494 e. The van der Waals surface area contributed by atoms with Gasteiger partial charge in [0.2, 0.25) is 5.91 Å². The molecule has 3 N–H and O–H groups in total. The number of pyridine rings is 1. The quantitative estimate of drug-likeness (QED) is 0.199. The molecule has 2 aromatic carbocycles. The Morgan fingerprint density at radius 1 is 1.05 bits per heavy atom. The van der Waals surface area contributed by atoms with E-state index in [4.69, 9.17) is 4.74 Å². The molecule has 9 heteroatoms. The molecule has 9 nitrogen and oxygen atoms in total. The number of methoxy groups -OCH3 is 1. The highest BCUT2D eigenvalue weighted by molar-refractivity contribution is 6.06. The number of hydrogen-bond acceptors (Lipinski definition) is 7. The van der Waals surface area contributed by atoms with E-state index in [0.29, 0.717) is 34.8 Å². The number of likely N-dealkylation sites (tertiary alicyclic amines) is 1. The standard InChI is InChI=1S/C33H45N5O4/c1-4-38(5-2)30(39)12-7-6-8-19-37-20-17-25(18-21-37)34-22-24-13-15-26(16-14-24)36-31-27-10-9-11-29(42-3)32(27)35-23-28(31)33(40)41/h9-11,13-16,23,25,34H,4-8,12,17-22H2,1-3H3,(H,35,36)(H,40,41). The number of ether oxygens (including phenoxy) is 1. The molecule has 1 aliphatic heterocycles. The maximum atomic E-state index is 12.1. The predicted octanol–water partition coefficient (Wildman–Crippen LogP) is 5.67. The van der Waals surface area contributed by atoms with Crippen LogP contribution < -0.4 is 15.4 Å². The average molecular weight is 576 g/mol. The van der Waals surface area contributed by atoms with Gasteiger partial charge in [-0.1, -0.05) is 30.7 Å². The van der Waals surface area contributed by atoms with Crippen LogP contribution in [0.3, 0.4) is 0 Å². The van der Waals surface area contributed by atoms with E-state index in [2.05, 4.69) is 32.7 Å². The van der Waals surface area contributed by atoms with Crippen LogP contribution in [-0.2, 0) is 11.3 Å². The van der Waals surface area contributed by atoms with Crippen LogP contribution in [0.5, 0.6) is 5.75 Å². The SMILES string of the molecule is CCN(CC)C(=O)CCCCCN1CCC(NCc2ccc(Nc3c(C(=O)O)cnc4c(OC)cccc34)cc2)CC1. The number of anilines is 2. The molecule has 0 bridgehead atoms. The summed E-state index contributed by atoms with van der Waals surface area (Å²) in [6.45, 7) is 9.80. The Kier molecular flexibility index (Phi) is 11.5. The van der Waals surface area contributed by atoms with Crippen molar-refractivity contribution in [2.24, 2.45) is 0 Å². The van der Waals surface area contributed by atoms with Crippen molar-refractivity contribution in [3.8, 4) is 5.75 Å². The zero-order valence-electron chi connectivity index (χ0n) is 25.2. The Balaban J connectivity index is 1.21. The molecule has 1 saturated heterocycles. The Bertz CT molecular complexity index is 1320. The molecular weight excluding hydrogens is 530 g/mol. The minimum absolute atomic E-state index is 0.109. The first kappa shape index (κ1) is 31.3. The molecule has 0 atom stereocenters. The molecular formula is C33H45N5O4. The van der Waals surface area contributed by atoms with E-state index in [-0.39, 0.29) is 11.5 Å². The number of amides is 1. The van der Waals surface area contributed by atoms with E-state index in [9.17, 15) is 14.7 Å². The summed E-state index contributed by atoms with van der Waals surface area (Å²) in [6, 6.07) is 14.1. The molecule has 226 valence electrons. The van der Waals surface area contributed by atoms with Crippen molar-refractivity contribution in [2.45, 2.75) is 65.0 Å². The third-order valence-corrected chi connectivity index (χ3v) is 8.20. The lowest BCUT2D eigenvalue weighted by atomic mass is 10.0. The summed E-state index contributed by atoms with van der Waals surface area (Å²) < 4.78 is 5.42. The van der Waals surface area contributed by atoms with Crippen LogP contribution in [0.1, 0.15) is 68.3 Å². The number of aromatic nitrogens is 1. The maximum Gasteiger partial charge on any atom is 0.339 e. The van der Waals surface area contributed by atoms with Crippen molar-refractivity contribution in [1.82, 2.24) is 20.1 Å². The number of carbonyl (C=O) groups is 2. The second kappa shape index (κ2) is 15.5. The van der Waals surface area contributed by atoms with E-state index in [0.717, 1.165) is 77.1 Å². The van der Waals surface area contributed by atoms with Crippen LogP contribution in [0.15, 0.2) is 48.7 Å². The Labute approximate surface area is 249 Å². The highest BCUT2D eigenvalue weighted by Crippen LogP contribution is 2.33. The Hall–Kier alpha value is -3.69. The number of unbranched alkanes of at least 4 members (excludes halogenated alkanes) is 2. The molecule has 2 heterocycles. The van der Waals surface area contributed by atoms with Gasteiger partial charge in [-0.05, 0) is 82.9 Å². The van der Waals surface area contributed by atoms with E-state index in [1.807, 2.05) is 49.1 Å². The lowest BCUT2D eigenvalue weighted by Gasteiger charge is -2.32. The molecule has 4 rings (SSSR count). The molecule has 0 unspecified atom stereocenters. The number of carboxylic acid groups (broad SMARTS) is 1. The maximum absolute atomic E-state index is 12.1. The van der Waals surface area contributed by atoms with Crippen LogP contribution >= 0.6 is 0 Å². The second-order valence-corrected chi connectivity index (χ2v) is 10.9. The van der Waals surface area contributed by atoms with Crippen molar-refractivity contribution in [1.29, 1.82) is 0 Å². The molecule has 1 fully saturated rings. The number of nitrogens with one attached hydrogen (secondary N) is 2. The van der Waals surface area contributed by atoms with Gasteiger partial charge in [0.1, 0.15) is 16.8 Å². The second-order valence-electron chi connectivity index (χ2n) is 10.9. The molecule has 42 heavy (non-hydrogen) atoms. The zero-order chi connectivity index (χ0) is 29.9. The smallest absolute Gasteiger partial charge is 0.339 e. The normalized spacial score (nSPS) is 14.2. The lowest BCUT2D eigenvalue weighted by Crippen LogP contribution is -2.42. The molecule has 1 aliphatic rings. The van der Waals surface area contributed by atoms with Crippen LogP contribution in [0.2, 0.25) is 0 Å². The van der Waals surface area contributed by atoms with Crippen LogP contribution in [0.25, 0.3) is 10.9 Å². The van der Waals surface area contributed by atoms with Gasteiger partial charge >= 0.3 is 5.97 Å². The van der Waals surface area contributed by atoms with E-state index in [1.54, 1.807) is 7.11 Å². The summed E-state index contributed by atoms with van der Waals surface area (Å²) in [5.41, 5.74) is 3.21. The zero-order valence-corrected chi connectivity index (χ0v) is 25.2. The number of benzene rings is 2. The fourth-order valence-electron chi connectivity index (χ4n) is 5.65. The van der Waals surface area contributed by atoms with Gasteiger partial charge in [-0.25, -0.2) is 4.79 Å². The Morgan fingerprint density at radius 2 is 1.79 bits per heavy atom. The summed E-state index contributed by atoms with van der Waals surface area (Å²) in [4.78, 5) is 32.9. The topological polar surface area (TPSA) is 107 Å². The summed E-state index contributed by atoms with van der Waals surface area (Å²) >= 11 is 0. The first-order chi connectivity index (χ1) is 20.4. The predicted molar refractivity (Wildman–Crippen MR) is 168 cm³/mol. The van der Waals surface area contributed by atoms with Gasteiger partial charge in [-0.3, -0.25) is 9.78 Å². The lowest BCUT2D eigenvalue weighted by molar-refractivity contribution is -0.130. The number of carbonyl (C=O) groups excluding carboxylic acids is 1. The van der Waals surface area contributed by atoms with Crippen LogP contribution in [0.4, 0.5) is 11.4 Å². The minimum atomic E-state index is -1.04. The Morgan fingerprint density at radius 3 is 2.45 bits per heavy atom. The highest BCUT2D eigenvalue weighted by Gasteiger charge is 2.19. The van der Waals surface area contributed by atoms with Crippen LogP contribution in [-0.4, -0.2) is 77.6 Å². The molecule has 1 aromatic heterocycles. The number of para-hydroxylation sites is 1. The van der Waals surface area contributed by atoms with Gasteiger partial charge in [0, 0.05) is 49.4 Å². The van der Waals surface area contributed by atoms with Gasteiger partial charge in [-0.15, -0.1) is 0 Å². The van der Waals surface area contributed by atoms with Gasteiger partial charge in [0.15, 0.2) is 0 Å². The fourth-order valence-corrected chi connectivity index (χ4v) is 5.65. The van der Waals surface area contributed by atoms with E-state index < -0.39 is 5.97 Å². The highest BCUT2D eigenvalue weighted by atomic mass is 16.5. The molecule has 1 amide bonds. The molecule has 0 spiro atoms. The fraction of sp³-hybridized carbons (Fsp3) is 0.485. The molecule has 0 saturated carbocycles. The van der Waals surface area contributed by atoms with Gasteiger partial charge in [0.25, 0.3) is 0 Å². The summed E-state index contributed by atoms with van der Waals surface area (Å²) in [5, 5.41) is 17.5. The van der Waals surface area contributed by atoms with Crippen molar-refractivity contribution < 1.29 is 19.4 Å². The van der Waals surface area contributed by atoms with Gasteiger partial charge < -0.3 is 30.3 Å². The molecule has 3 aromatic rings. The van der Waals surface area contributed by atoms with Crippen molar-refractivity contribution in [2.75, 3.05) is 45.2 Å². The number of fused-ring (bicyclic) bond motifs is 1. The first-order valence-corrected chi connectivity index (χ1v) is 15.2. The van der Waals surface area contributed by atoms with Gasteiger partial charge in [0.05, 0.1) is 12.8 Å². The van der Waals surface area contributed by atoms with Crippen molar-refractivity contribution in [3.05, 3.63) is 59.8 Å². The number of hydrogen-bond donors (Lipinski definition) is 3. The van der Waals surface area contributed by atoms with Gasteiger partial charge in [-0.2, -0.15) is 0 Å². The molecule has 0 aliphatic carbocycles. The van der Waals surface area contributed by atoms with Crippen molar-refractivity contribution in [3.63, 3.8) is 0 Å². The summed E-state index contributed by atoms with van der Waals surface area (Å²) in [6.07, 6.45) is 7.56. The number of carboxylic acids is 1. The van der Waals surface area contributed by atoms with E-state index >= 15 is 0 Å². The number of nitrogens with zero attached hydrogens (tertiary/aromatic N) is 3. The summed E-state index contributed by atoms with van der Waals surface area (Å²) in [5.74, 6) is -0.156. The monoisotopic (exact) mass is 575 g/mol. The van der Waals surface area contributed by atoms with Crippen molar-refractivity contribution >= 4 is 34.2 Å². The summed E-state index contributed by atoms with van der Waals surface area (Å²) in [7, 11) is 1.58. The third-order valence-electron chi connectivity index (χ3n) is 8.20. The first-order valence-electron chi connectivity index (χ1n) is 15.2. The van der Waals surface area contributed by atoms with Crippen LogP contribution in [0, 0.1) is 0 Å². The number of rotatable bonds is 15.